The molecule has 0 fully saturated rings. The van der Waals surface area contributed by atoms with Gasteiger partial charge in [0.25, 0.3) is 11.4 Å². The molecule has 1 heterocycles. The summed E-state index contributed by atoms with van der Waals surface area (Å²) in [6.45, 7) is 2.43. The van der Waals surface area contributed by atoms with E-state index in [9.17, 15) is 30.1 Å². The number of fused-ring (bicyclic) bond motifs is 1. The van der Waals surface area contributed by atoms with E-state index >= 15 is 0 Å². The van der Waals surface area contributed by atoms with E-state index in [4.69, 9.17) is 4.74 Å². The van der Waals surface area contributed by atoms with Crippen molar-refractivity contribution in [3.05, 3.63) is 98.2 Å². The molecule has 178 valence electrons. The van der Waals surface area contributed by atoms with Crippen LogP contribution in [0.15, 0.2) is 66.9 Å². The van der Waals surface area contributed by atoms with Gasteiger partial charge in [0, 0.05) is 35.8 Å². The number of esters is 1. The lowest BCUT2D eigenvalue weighted by molar-refractivity contribution is -0.394. The van der Waals surface area contributed by atoms with Gasteiger partial charge in [0.05, 0.1) is 28.9 Å². The fraction of sp³-hybridized carbons (Fsp3) is 0.160. The van der Waals surface area contributed by atoms with Gasteiger partial charge in [0.2, 0.25) is 0 Å². The first-order valence-electron chi connectivity index (χ1n) is 10.7. The van der Waals surface area contributed by atoms with E-state index in [1.807, 2.05) is 10.8 Å². The minimum absolute atomic E-state index is 0.0640. The van der Waals surface area contributed by atoms with Crippen molar-refractivity contribution >= 4 is 28.2 Å². The zero-order chi connectivity index (χ0) is 25.1. The minimum Gasteiger partial charge on any atom is -0.508 e. The molecule has 0 unspecified atom stereocenters. The molecular weight excluding hydrogens is 454 g/mol. The highest BCUT2D eigenvalue weighted by Gasteiger charge is 2.19. The van der Waals surface area contributed by atoms with Crippen LogP contribution in [0, 0.1) is 20.2 Å². The third kappa shape index (κ3) is 5.11. The Hall–Kier alpha value is -4.73. The number of nitro benzene ring substituents is 2. The molecule has 10 nitrogen and oxygen atoms in total. The standard InChI is InChI=1S/C25H21N3O7/c1-2-35-25(30)12-19-15-26(14-16-3-6-22(29)7-4-16)24-11-17(5-8-23(19)24)18-9-20(27(31)32)13-21(10-18)28(33)34/h3-11,13,15,29H,2,12,14H2,1H3. The molecule has 4 rings (SSSR count). The number of non-ortho nitro benzene ring substituents is 2. The molecule has 0 aliphatic heterocycles. The van der Waals surface area contributed by atoms with Crippen LogP contribution in [0.3, 0.4) is 0 Å². The van der Waals surface area contributed by atoms with Gasteiger partial charge in [-0.2, -0.15) is 0 Å². The molecule has 35 heavy (non-hydrogen) atoms. The van der Waals surface area contributed by atoms with Gasteiger partial charge in [0.1, 0.15) is 5.75 Å². The molecule has 4 aromatic rings. The Morgan fingerprint density at radius 3 is 2.20 bits per heavy atom. The number of benzene rings is 3. The van der Waals surface area contributed by atoms with Crippen LogP contribution in [0.2, 0.25) is 0 Å². The number of aromatic nitrogens is 1. The predicted octanol–water partition coefficient (Wildman–Crippen LogP) is 4.98. The minimum atomic E-state index is -0.667. The summed E-state index contributed by atoms with van der Waals surface area (Å²) in [5.74, 6) is -0.224. The summed E-state index contributed by atoms with van der Waals surface area (Å²) < 4.78 is 7.02. The van der Waals surface area contributed by atoms with Crippen molar-refractivity contribution in [3.8, 4) is 16.9 Å². The average molecular weight is 475 g/mol. The Morgan fingerprint density at radius 1 is 0.943 bits per heavy atom. The molecule has 0 amide bonds. The molecule has 0 aliphatic carbocycles. The van der Waals surface area contributed by atoms with E-state index in [-0.39, 0.29) is 36.1 Å². The lowest BCUT2D eigenvalue weighted by Gasteiger charge is -2.08. The summed E-state index contributed by atoms with van der Waals surface area (Å²) >= 11 is 0. The maximum Gasteiger partial charge on any atom is 0.310 e. The molecule has 3 aromatic carbocycles. The Labute approximate surface area is 199 Å². The van der Waals surface area contributed by atoms with Crippen LogP contribution in [0.25, 0.3) is 22.0 Å². The number of hydrogen-bond acceptors (Lipinski definition) is 7. The van der Waals surface area contributed by atoms with E-state index in [1.54, 1.807) is 49.4 Å². The van der Waals surface area contributed by atoms with Gasteiger partial charge in [-0.15, -0.1) is 0 Å². The molecule has 1 aromatic heterocycles. The molecule has 0 saturated carbocycles. The van der Waals surface area contributed by atoms with Crippen molar-refractivity contribution in [3.63, 3.8) is 0 Å². The zero-order valence-electron chi connectivity index (χ0n) is 18.7. The average Bonchev–Trinajstić information content (AvgIpc) is 3.16. The van der Waals surface area contributed by atoms with E-state index in [2.05, 4.69) is 0 Å². The molecule has 0 saturated heterocycles. The Balaban J connectivity index is 1.84. The normalized spacial score (nSPS) is 10.9. The molecule has 1 N–H and O–H groups in total. The van der Waals surface area contributed by atoms with Crippen molar-refractivity contribution < 1.29 is 24.5 Å². The monoisotopic (exact) mass is 475 g/mol. The molecule has 10 heteroatoms. The number of phenolic OH excluding ortho intramolecular Hbond substituents is 1. The second-order valence-electron chi connectivity index (χ2n) is 7.91. The smallest absolute Gasteiger partial charge is 0.310 e. The van der Waals surface area contributed by atoms with E-state index in [0.29, 0.717) is 17.7 Å². The van der Waals surface area contributed by atoms with Gasteiger partial charge in [0.15, 0.2) is 0 Å². The maximum atomic E-state index is 12.2. The molecule has 0 atom stereocenters. The second kappa shape index (κ2) is 9.64. The number of carbonyl (C=O) groups excluding carboxylic acids is 1. The molecule has 0 radical (unpaired) electrons. The number of phenols is 1. The van der Waals surface area contributed by atoms with Crippen molar-refractivity contribution in [2.75, 3.05) is 6.61 Å². The highest BCUT2D eigenvalue weighted by molar-refractivity contribution is 5.91. The quantitative estimate of drug-likeness (QED) is 0.215. The lowest BCUT2D eigenvalue weighted by atomic mass is 10.0. The number of rotatable bonds is 8. The Kier molecular flexibility index (Phi) is 6.45. The predicted molar refractivity (Wildman–Crippen MR) is 128 cm³/mol. The first-order valence-corrected chi connectivity index (χ1v) is 10.7. The third-order valence-corrected chi connectivity index (χ3v) is 5.55. The van der Waals surface area contributed by atoms with Gasteiger partial charge < -0.3 is 14.4 Å². The molecule has 0 spiro atoms. The first-order chi connectivity index (χ1) is 16.7. The number of hydrogen-bond donors (Lipinski definition) is 1. The summed E-state index contributed by atoms with van der Waals surface area (Å²) in [4.78, 5) is 33.5. The summed E-state index contributed by atoms with van der Waals surface area (Å²) in [5, 5.41) is 33.0. The van der Waals surface area contributed by atoms with Crippen LogP contribution in [0.5, 0.6) is 5.75 Å². The van der Waals surface area contributed by atoms with Crippen molar-refractivity contribution in [1.82, 2.24) is 4.57 Å². The topological polar surface area (TPSA) is 138 Å². The number of ether oxygens (including phenoxy) is 1. The summed E-state index contributed by atoms with van der Waals surface area (Å²) in [5.41, 5.74) is 2.51. The molecular formula is C25H21N3O7. The SMILES string of the molecule is CCOC(=O)Cc1cn(Cc2ccc(O)cc2)c2cc(-c3cc([N+](=O)[O-])cc([N+](=O)[O-])c3)ccc12. The highest BCUT2D eigenvalue weighted by Crippen LogP contribution is 2.33. The first kappa shape index (κ1) is 23.4. The Bertz CT molecular complexity index is 1410. The molecule has 0 aliphatic rings. The van der Waals surface area contributed by atoms with Gasteiger partial charge in [-0.3, -0.25) is 25.0 Å². The summed E-state index contributed by atoms with van der Waals surface area (Å²) in [6, 6.07) is 15.5. The van der Waals surface area contributed by atoms with E-state index in [1.165, 1.54) is 12.1 Å². The van der Waals surface area contributed by atoms with Crippen LogP contribution >= 0.6 is 0 Å². The second-order valence-corrected chi connectivity index (χ2v) is 7.91. The van der Waals surface area contributed by atoms with Gasteiger partial charge in [-0.05, 0) is 47.4 Å². The number of nitro groups is 2. The van der Waals surface area contributed by atoms with Crippen LogP contribution < -0.4 is 0 Å². The maximum absolute atomic E-state index is 12.2. The van der Waals surface area contributed by atoms with Crippen LogP contribution in [-0.2, 0) is 22.5 Å². The summed E-state index contributed by atoms with van der Waals surface area (Å²) in [6.07, 6.45) is 1.91. The number of aromatic hydroxyl groups is 1. The number of carbonyl (C=O) groups is 1. The highest BCUT2D eigenvalue weighted by atomic mass is 16.6. The van der Waals surface area contributed by atoms with Crippen molar-refractivity contribution in [2.24, 2.45) is 0 Å². The largest absolute Gasteiger partial charge is 0.508 e. The molecule has 0 bridgehead atoms. The van der Waals surface area contributed by atoms with Gasteiger partial charge >= 0.3 is 5.97 Å². The van der Waals surface area contributed by atoms with E-state index in [0.717, 1.165) is 28.1 Å². The fourth-order valence-corrected chi connectivity index (χ4v) is 3.96. The zero-order valence-corrected chi connectivity index (χ0v) is 18.7. The Morgan fingerprint density at radius 2 is 1.60 bits per heavy atom. The third-order valence-electron chi connectivity index (χ3n) is 5.55. The van der Waals surface area contributed by atoms with Crippen molar-refractivity contribution in [2.45, 2.75) is 19.9 Å². The van der Waals surface area contributed by atoms with E-state index < -0.39 is 9.85 Å². The van der Waals surface area contributed by atoms with Crippen LogP contribution in [0.1, 0.15) is 18.1 Å². The van der Waals surface area contributed by atoms with Crippen LogP contribution in [0.4, 0.5) is 11.4 Å². The van der Waals surface area contributed by atoms with Gasteiger partial charge in [-0.1, -0.05) is 24.3 Å². The summed E-state index contributed by atoms with van der Waals surface area (Å²) in [7, 11) is 0. The lowest BCUT2D eigenvalue weighted by Crippen LogP contribution is -2.07. The van der Waals surface area contributed by atoms with Gasteiger partial charge in [-0.25, -0.2) is 0 Å². The fourth-order valence-electron chi connectivity index (χ4n) is 3.96. The van der Waals surface area contributed by atoms with Crippen molar-refractivity contribution in [1.29, 1.82) is 0 Å². The number of nitrogens with zero attached hydrogens (tertiary/aromatic N) is 3. The van der Waals surface area contributed by atoms with Crippen LogP contribution in [-0.4, -0.2) is 32.1 Å².